The van der Waals surface area contributed by atoms with Crippen LogP contribution in [-0.2, 0) is 26.4 Å². The van der Waals surface area contributed by atoms with Gasteiger partial charge < -0.3 is 9.88 Å². The summed E-state index contributed by atoms with van der Waals surface area (Å²) < 4.78 is 2.23. The van der Waals surface area contributed by atoms with Crippen molar-refractivity contribution in [1.29, 1.82) is 0 Å². The molecule has 0 saturated heterocycles. The van der Waals surface area contributed by atoms with Crippen LogP contribution >= 0.6 is 0 Å². The maximum Gasteiger partial charge on any atom is 0.203 e. The minimum Gasteiger partial charge on any atom is -0.352 e. The van der Waals surface area contributed by atoms with Crippen molar-refractivity contribution in [3.63, 3.8) is 0 Å². The summed E-state index contributed by atoms with van der Waals surface area (Å²) in [5, 5.41) is 3.52. The van der Waals surface area contributed by atoms with Gasteiger partial charge in [-0.1, -0.05) is 80.4 Å². The Kier molecular flexibility index (Phi) is 6.48. The van der Waals surface area contributed by atoms with Gasteiger partial charge >= 0.3 is 0 Å². The molecule has 3 heteroatoms. The topological polar surface area (TPSA) is 29.9 Å². The Balaban J connectivity index is 1.79. The summed E-state index contributed by atoms with van der Waals surface area (Å²) in [6, 6.07) is 21.2. The predicted molar refractivity (Wildman–Crippen MR) is 109 cm³/mol. The minimum atomic E-state index is 0.796. The van der Waals surface area contributed by atoms with Gasteiger partial charge in [0.25, 0.3) is 0 Å². The standard InChI is InChI=1S/C23H29N3/c1-3-4-7-16-21-22(17-19-12-8-5-9-13-19)26(2)23(25-21)24-18-20-14-10-6-11-15-20/h5-6,8-15H,3-4,7,16-18H2,1-2H3,(H,24,25). The van der Waals surface area contributed by atoms with E-state index in [1.54, 1.807) is 0 Å². The van der Waals surface area contributed by atoms with Crippen molar-refractivity contribution < 1.29 is 0 Å². The highest BCUT2D eigenvalue weighted by Crippen LogP contribution is 2.21. The number of nitrogens with zero attached hydrogens (tertiary/aromatic N) is 2. The second kappa shape index (κ2) is 9.23. The smallest absolute Gasteiger partial charge is 0.203 e. The lowest BCUT2D eigenvalue weighted by molar-refractivity contribution is 0.703. The van der Waals surface area contributed by atoms with Crippen molar-refractivity contribution in [2.75, 3.05) is 5.32 Å². The Morgan fingerprint density at radius 2 is 1.54 bits per heavy atom. The van der Waals surface area contributed by atoms with E-state index >= 15 is 0 Å². The first-order valence-corrected chi connectivity index (χ1v) is 9.64. The zero-order chi connectivity index (χ0) is 18.2. The van der Waals surface area contributed by atoms with Gasteiger partial charge in [0.1, 0.15) is 0 Å². The number of hydrogen-bond donors (Lipinski definition) is 1. The van der Waals surface area contributed by atoms with Gasteiger partial charge in [-0.25, -0.2) is 4.98 Å². The molecule has 3 rings (SSSR count). The lowest BCUT2D eigenvalue weighted by atomic mass is 10.1. The van der Waals surface area contributed by atoms with Crippen LogP contribution in [0.3, 0.4) is 0 Å². The van der Waals surface area contributed by atoms with Crippen molar-refractivity contribution in [2.24, 2.45) is 7.05 Å². The highest BCUT2D eigenvalue weighted by molar-refractivity contribution is 5.37. The van der Waals surface area contributed by atoms with Crippen molar-refractivity contribution in [3.8, 4) is 0 Å². The van der Waals surface area contributed by atoms with Crippen LogP contribution in [0.4, 0.5) is 5.95 Å². The molecular weight excluding hydrogens is 318 g/mol. The molecule has 1 aromatic heterocycles. The van der Waals surface area contributed by atoms with Crippen LogP contribution < -0.4 is 5.32 Å². The van der Waals surface area contributed by atoms with E-state index in [2.05, 4.69) is 78.5 Å². The molecule has 0 aliphatic rings. The summed E-state index contributed by atoms with van der Waals surface area (Å²) in [5.74, 6) is 0.964. The molecular formula is C23H29N3. The van der Waals surface area contributed by atoms with E-state index in [0.717, 1.165) is 25.3 Å². The largest absolute Gasteiger partial charge is 0.352 e. The fourth-order valence-electron chi connectivity index (χ4n) is 3.28. The fraction of sp³-hybridized carbons (Fsp3) is 0.348. The molecule has 3 nitrogen and oxygen atoms in total. The van der Waals surface area contributed by atoms with Crippen LogP contribution in [0.25, 0.3) is 0 Å². The van der Waals surface area contributed by atoms with Crippen molar-refractivity contribution >= 4 is 5.95 Å². The number of unbranched alkanes of at least 4 members (excludes halogenated alkanes) is 2. The summed E-state index contributed by atoms with van der Waals surface area (Å²) in [6.07, 6.45) is 5.68. The van der Waals surface area contributed by atoms with E-state index in [4.69, 9.17) is 4.98 Å². The van der Waals surface area contributed by atoms with E-state index in [1.165, 1.54) is 41.8 Å². The summed E-state index contributed by atoms with van der Waals surface area (Å²) in [6.45, 7) is 3.04. The Morgan fingerprint density at radius 1 is 0.885 bits per heavy atom. The minimum absolute atomic E-state index is 0.796. The van der Waals surface area contributed by atoms with Crippen LogP contribution in [0, 0.1) is 0 Å². The van der Waals surface area contributed by atoms with E-state index in [-0.39, 0.29) is 0 Å². The van der Waals surface area contributed by atoms with Gasteiger partial charge in [-0.05, 0) is 24.0 Å². The Labute approximate surface area is 157 Å². The zero-order valence-electron chi connectivity index (χ0n) is 15.9. The average Bonchev–Trinajstić information content (AvgIpc) is 2.97. The van der Waals surface area contributed by atoms with Crippen LogP contribution in [0.15, 0.2) is 60.7 Å². The summed E-state index contributed by atoms with van der Waals surface area (Å²) in [7, 11) is 2.13. The molecule has 1 N–H and O–H groups in total. The van der Waals surface area contributed by atoms with Crippen LogP contribution in [-0.4, -0.2) is 9.55 Å². The molecule has 0 aliphatic carbocycles. The van der Waals surface area contributed by atoms with Gasteiger partial charge in [-0.15, -0.1) is 0 Å². The molecule has 0 aliphatic heterocycles. The molecule has 0 radical (unpaired) electrons. The molecule has 26 heavy (non-hydrogen) atoms. The number of aryl methyl sites for hydroxylation is 1. The molecule has 0 fully saturated rings. The first-order chi connectivity index (χ1) is 12.8. The monoisotopic (exact) mass is 347 g/mol. The molecule has 0 saturated carbocycles. The maximum absolute atomic E-state index is 4.94. The number of hydrogen-bond acceptors (Lipinski definition) is 2. The van der Waals surface area contributed by atoms with Gasteiger partial charge in [0.05, 0.1) is 5.69 Å². The fourth-order valence-corrected chi connectivity index (χ4v) is 3.28. The molecule has 0 amide bonds. The van der Waals surface area contributed by atoms with Crippen LogP contribution in [0.5, 0.6) is 0 Å². The Hall–Kier alpha value is -2.55. The number of anilines is 1. The molecule has 2 aromatic carbocycles. The molecule has 0 spiro atoms. The van der Waals surface area contributed by atoms with Gasteiger partial charge in [-0.2, -0.15) is 0 Å². The Morgan fingerprint density at radius 3 is 2.19 bits per heavy atom. The number of benzene rings is 2. The van der Waals surface area contributed by atoms with Crippen LogP contribution in [0.1, 0.15) is 48.7 Å². The third kappa shape index (κ3) is 4.75. The zero-order valence-corrected chi connectivity index (χ0v) is 15.9. The predicted octanol–water partition coefficient (Wildman–Crippen LogP) is 5.36. The maximum atomic E-state index is 4.94. The Bertz CT molecular complexity index is 791. The first kappa shape index (κ1) is 18.2. The molecule has 3 aromatic rings. The highest BCUT2D eigenvalue weighted by Gasteiger charge is 2.14. The highest BCUT2D eigenvalue weighted by atomic mass is 15.2. The van der Waals surface area contributed by atoms with Gasteiger partial charge in [0, 0.05) is 25.7 Å². The summed E-state index contributed by atoms with van der Waals surface area (Å²) in [5.41, 5.74) is 5.16. The lowest BCUT2D eigenvalue weighted by Gasteiger charge is -2.09. The van der Waals surface area contributed by atoms with Crippen molar-refractivity contribution in [3.05, 3.63) is 83.2 Å². The van der Waals surface area contributed by atoms with E-state index in [9.17, 15) is 0 Å². The number of rotatable bonds is 9. The molecule has 0 unspecified atom stereocenters. The quantitative estimate of drug-likeness (QED) is 0.528. The molecule has 136 valence electrons. The molecule has 0 atom stereocenters. The van der Waals surface area contributed by atoms with Crippen molar-refractivity contribution in [2.45, 2.75) is 45.6 Å². The van der Waals surface area contributed by atoms with Crippen molar-refractivity contribution in [1.82, 2.24) is 9.55 Å². The molecule has 0 bridgehead atoms. The number of aromatic nitrogens is 2. The SMILES string of the molecule is CCCCCc1nc(NCc2ccccc2)n(C)c1Cc1ccccc1. The number of nitrogens with one attached hydrogen (secondary N) is 1. The van der Waals surface area contributed by atoms with Gasteiger partial charge in [0.15, 0.2) is 0 Å². The van der Waals surface area contributed by atoms with Crippen LogP contribution in [0.2, 0.25) is 0 Å². The van der Waals surface area contributed by atoms with E-state index < -0.39 is 0 Å². The number of imidazole rings is 1. The second-order valence-electron chi connectivity index (χ2n) is 6.85. The third-order valence-electron chi connectivity index (χ3n) is 4.82. The summed E-state index contributed by atoms with van der Waals surface area (Å²) in [4.78, 5) is 4.94. The third-order valence-corrected chi connectivity index (χ3v) is 4.82. The van der Waals surface area contributed by atoms with Gasteiger partial charge in [-0.3, -0.25) is 0 Å². The normalized spacial score (nSPS) is 10.8. The van der Waals surface area contributed by atoms with E-state index in [1.807, 2.05) is 6.07 Å². The second-order valence-corrected chi connectivity index (χ2v) is 6.85. The lowest BCUT2D eigenvalue weighted by Crippen LogP contribution is -2.07. The summed E-state index contributed by atoms with van der Waals surface area (Å²) >= 11 is 0. The first-order valence-electron chi connectivity index (χ1n) is 9.64. The van der Waals surface area contributed by atoms with E-state index in [0.29, 0.717) is 0 Å². The average molecular weight is 348 g/mol. The molecule has 1 heterocycles. The van der Waals surface area contributed by atoms with Gasteiger partial charge in [0.2, 0.25) is 5.95 Å².